The van der Waals surface area contributed by atoms with Gasteiger partial charge in [0.05, 0.1) is 5.39 Å². The van der Waals surface area contributed by atoms with Crippen molar-refractivity contribution in [2.45, 2.75) is 6.61 Å². The molecule has 0 bridgehead atoms. The molecule has 3 aromatic rings. The number of hydrogen-bond donors (Lipinski definition) is 0. The van der Waals surface area contributed by atoms with Gasteiger partial charge in [-0.2, -0.15) is 0 Å². The average molecular weight is 262 g/mol. The molecule has 0 spiro atoms. The summed E-state index contributed by atoms with van der Waals surface area (Å²) in [6.45, 7) is 4.29. The Morgan fingerprint density at radius 3 is 2.45 bits per heavy atom. The van der Waals surface area contributed by atoms with Gasteiger partial charge in [-0.05, 0) is 22.6 Å². The van der Waals surface area contributed by atoms with Crippen LogP contribution in [-0.2, 0) is 6.61 Å². The lowest BCUT2D eigenvalue weighted by Gasteiger charge is -2.01. The number of benzene rings is 2. The summed E-state index contributed by atoms with van der Waals surface area (Å²) in [6.07, 6.45) is 5.76. The lowest BCUT2D eigenvalue weighted by Crippen LogP contribution is -2.41. The van der Waals surface area contributed by atoms with E-state index >= 15 is 0 Å². The predicted octanol–water partition coefficient (Wildman–Crippen LogP) is 3.40. The van der Waals surface area contributed by atoms with Gasteiger partial charge in [0.1, 0.15) is 0 Å². The molecule has 0 saturated heterocycles. The van der Waals surface area contributed by atoms with Crippen LogP contribution in [0, 0.1) is 0 Å². The van der Waals surface area contributed by atoms with Crippen molar-refractivity contribution >= 4 is 16.8 Å². The molecule has 2 heteroatoms. The largest absolute Gasteiger partial charge is 0.267 e. The number of pyridine rings is 1. The molecule has 2 nitrogen and oxygen atoms in total. The SMILES string of the molecule is C=Cc1ccc(CO[n+]2ccc3ccccc3c2)cc1. The summed E-state index contributed by atoms with van der Waals surface area (Å²) in [7, 11) is 0. The van der Waals surface area contributed by atoms with Crippen LogP contribution < -0.4 is 9.57 Å². The highest BCUT2D eigenvalue weighted by Crippen LogP contribution is 2.09. The van der Waals surface area contributed by atoms with Crippen LogP contribution in [0.2, 0.25) is 0 Å². The number of fused-ring (bicyclic) bond motifs is 1. The Morgan fingerprint density at radius 1 is 0.950 bits per heavy atom. The Labute approximate surface area is 118 Å². The van der Waals surface area contributed by atoms with Gasteiger partial charge in [0.25, 0.3) is 0 Å². The minimum absolute atomic E-state index is 0.542. The maximum Gasteiger partial charge on any atom is 0.230 e. The summed E-state index contributed by atoms with van der Waals surface area (Å²) < 4.78 is 1.75. The summed E-state index contributed by atoms with van der Waals surface area (Å²) in [5.74, 6) is 0. The van der Waals surface area contributed by atoms with E-state index in [9.17, 15) is 0 Å². The third kappa shape index (κ3) is 2.69. The Kier molecular flexibility index (Phi) is 3.46. The third-order valence-electron chi connectivity index (χ3n) is 3.26. The average Bonchev–Trinajstić information content (AvgIpc) is 2.53. The van der Waals surface area contributed by atoms with E-state index in [0.29, 0.717) is 6.61 Å². The first kappa shape index (κ1) is 12.4. The molecule has 0 aliphatic carbocycles. The highest BCUT2D eigenvalue weighted by Gasteiger charge is 2.04. The van der Waals surface area contributed by atoms with Gasteiger partial charge in [0.15, 0.2) is 6.61 Å². The molecule has 98 valence electrons. The molecule has 1 heterocycles. The van der Waals surface area contributed by atoms with Crippen molar-refractivity contribution in [2.75, 3.05) is 0 Å². The van der Waals surface area contributed by atoms with Crippen LogP contribution >= 0.6 is 0 Å². The van der Waals surface area contributed by atoms with E-state index in [0.717, 1.165) is 16.5 Å². The van der Waals surface area contributed by atoms with Gasteiger partial charge in [-0.3, -0.25) is 4.84 Å². The molecule has 1 aromatic heterocycles. The molecular formula is C18H16NO+. The van der Waals surface area contributed by atoms with Gasteiger partial charge in [-0.25, -0.2) is 0 Å². The van der Waals surface area contributed by atoms with Crippen LogP contribution in [0.15, 0.2) is 73.6 Å². The summed E-state index contributed by atoms with van der Waals surface area (Å²) >= 11 is 0. The summed E-state index contributed by atoms with van der Waals surface area (Å²) in [4.78, 5) is 5.76. The fourth-order valence-electron chi connectivity index (χ4n) is 2.09. The Balaban J connectivity index is 1.74. The highest BCUT2D eigenvalue weighted by atomic mass is 16.7. The van der Waals surface area contributed by atoms with E-state index in [1.165, 1.54) is 5.39 Å². The van der Waals surface area contributed by atoms with E-state index in [-0.39, 0.29) is 0 Å². The molecule has 0 aliphatic heterocycles. The van der Waals surface area contributed by atoms with Crippen LogP contribution in [0.1, 0.15) is 11.1 Å². The molecule has 0 saturated carbocycles. The first-order chi connectivity index (χ1) is 9.85. The van der Waals surface area contributed by atoms with Gasteiger partial charge in [0.2, 0.25) is 12.4 Å². The van der Waals surface area contributed by atoms with Crippen molar-refractivity contribution in [3.63, 3.8) is 0 Å². The molecule has 0 unspecified atom stereocenters. The molecule has 3 rings (SSSR count). The second-order valence-corrected chi connectivity index (χ2v) is 4.65. The minimum Gasteiger partial charge on any atom is -0.267 e. The normalized spacial score (nSPS) is 10.4. The molecule has 2 aromatic carbocycles. The highest BCUT2D eigenvalue weighted by molar-refractivity contribution is 5.80. The first-order valence-corrected chi connectivity index (χ1v) is 6.60. The Morgan fingerprint density at radius 2 is 1.70 bits per heavy atom. The molecule has 0 N–H and O–H groups in total. The first-order valence-electron chi connectivity index (χ1n) is 6.60. The molecule has 20 heavy (non-hydrogen) atoms. The fraction of sp³-hybridized carbons (Fsp3) is 0.0556. The molecule has 0 radical (unpaired) electrons. The molecule has 0 aliphatic rings. The second kappa shape index (κ2) is 5.57. The van der Waals surface area contributed by atoms with Crippen molar-refractivity contribution in [2.24, 2.45) is 0 Å². The Bertz CT molecular complexity index is 732. The summed E-state index contributed by atoms with van der Waals surface area (Å²) in [5, 5.41) is 2.37. The van der Waals surface area contributed by atoms with Crippen molar-refractivity contribution < 1.29 is 9.57 Å². The maximum absolute atomic E-state index is 5.76. The monoisotopic (exact) mass is 262 g/mol. The van der Waals surface area contributed by atoms with E-state index in [1.54, 1.807) is 4.73 Å². The molecule has 0 amide bonds. The van der Waals surface area contributed by atoms with E-state index < -0.39 is 0 Å². The number of rotatable bonds is 4. The summed E-state index contributed by atoms with van der Waals surface area (Å²) in [5.41, 5.74) is 2.25. The number of hydrogen-bond acceptors (Lipinski definition) is 1. The van der Waals surface area contributed by atoms with Gasteiger partial charge >= 0.3 is 0 Å². The van der Waals surface area contributed by atoms with Crippen LogP contribution in [0.3, 0.4) is 0 Å². The van der Waals surface area contributed by atoms with Crippen LogP contribution in [0.4, 0.5) is 0 Å². The van der Waals surface area contributed by atoms with Crippen molar-refractivity contribution in [1.29, 1.82) is 0 Å². The second-order valence-electron chi connectivity index (χ2n) is 4.65. The van der Waals surface area contributed by atoms with Crippen LogP contribution in [0.5, 0.6) is 0 Å². The smallest absolute Gasteiger partial charge is 0.230 e. The topological polar surface area (TPSA) is 13.1 Å². The quantitative estimate of drug-likeness (QED) is 0.657. The zero-order valence-electron chi connectivity index (χ0n) is 11.2. The van der Waals surface area contributed by atoms with Crippen molar-refractivity contribution in [1.82, 2.24) is 0 Å². The number of nitrogens with zero attached hydrogens (tertiary/aromatic N) is 1. The van der Waals surface area contributed by atoms with Gasteiger partial charge in [0, 0.05) is 10.8 Å². The van der Waals surface area contributed by atoms with E-state index in [4.69, 9.17) is 4.84 Å². The molecular weight excluding hydrogens is 246 g/mol. The van der Waals surface area contributed by atoms with Crippen molar-refractivity contribution in [3.8, 4) is 0 Å². The third-order valence-corrected chi connectivity index (χ3v) is 3.26. The maximum atomic E-state index is 5.76. The lowest BCUT2D eigenvalue weighted by atomic mass is 10.1. The number of aromatic nitrogens is 1. The van der Waals surface area contributed by atoms with Gasteiger partial charge < -0.3 is 0 Å². The van der Waals surface area contributed by atoms with Crippen LogP contribution in [-0.4, -0.2) is 0 Å². The van der Waals surface area contributed by atoms with Crippen molar-refractivity contribution in [3.05, 3.63) is 84.7 Å². The van der Waals surface area contributed by atoms with E-state index in [1.807, 2.05) is 42.7 Å². The molecule has 0 atom stereocenters. The minimum atomic E-state index is 0.542. The zero-order valence-corrected chi connectivity index (χ0v) is 11.2. The van der Waals surface area contributed by atoms with Gasteiger partial charge in [-0.1, -0.05) is 55.1 Å². The van der Waals surface area contributed by atoms with E-state index in [2.05, 4.69) is 36.9 Å². The van der Waals surface area contributed by atoms with Crippen LogP contribution in [0.25, 0.3) is 16.8 Å². The molecule has 0 fully saturated rings. The van der Waals surface area contributed by atoms with Gasteiger partial charge in [-0.15, -0.1) is 0 Å². The fourth-order valence-corrected chi connectivity index (χ4v) is 2.09. The zero-order chi connectivity index (χ0) is 13.8. The Hall–Kier alpha value is -2.61. The predicted molar refractivity (Wildman–Crippen MR) is 81.0 cm³/mol. The summed E-state index contributed by atoms with van der Waals surface area (Å²) in [6, 6.07) is 18.5. The standard InChI is InChI=1S/C18H16NO/c1-2-15-7-9-16(10-8-15)14-20-19-12-11-17-5-3-4-6-18(17)13-19/h2-13H,1,14H2/q+1. The lowest BCUT2D eigenvalue weighted by molar-refractivity contribution is -0.894.